The summed E-state index contributed by atoms with van der Waals surface area (Å²) < 4.78 is 10.8. The maximum atomic E-state index is 5.47. The molecule has 1 N–H and O–H groups in total. The van der Waals surface area contributed by atoms with Crippen LogP contribution in [-0.4, -0.2) is 30.3 Å². The predicted octanol–water partition coefficient (Wildman–Crippen LogP) is 1.81. The van der Waals surface area contributed by atoms with Crippen LogP contribution < -0.4 is 5.32 Å². The van der Waals surface area contributed by atoms with Gasteiger partial charge in [0.1, 0.15) is 5.60 Å². The lowest BCUT2D eigenvalue weighted by molar-refractivity contribution is -0.0106. The Morgan fingerprint density at radius 1 is 1.59 bits per heavy atom. The molecule has 96 valence electrons. The first-order valence-electron chi connectivity index (χ1n) is 6.29. The number of rotatable bonds is 4. The quantitative estimate of drug-likeness (QED) is 0.868. The molecule has 1 saturated heterocycles. The number of nitrogens with zero attached hydrogens (tertiary/aromatic N) is 2. The molecule has 0 aromatic carbocycles. The van der Waals surface area contributed by atoms with Gasteiger partial charge in [0.2, 0.25) is 11.7 Å². The van der Waals surface area contributed by atoms with Crippen LogP contribution in [0, 0.1) is 0 Å². The average Bonchev–Trinajstić information content (AvgIpc) is 2.89. The Bertz CT molecular complexity index is 354. The minimum atomic E-state index is -0.441. The normalized spacial score (nSPS) is 24.5. The molecule has 1 aliphatic rings. The van der Waals surface area contributed by atoms with Crippen LogP contribution in [0.25, 0.3) is 0 Å². The number of methoxy groups -OCH3 is 1. The third-order valence-electron chi connectivity index (χ3n) is 3.69. The Morgan fingerprint density at radius 3 is 3.00 bits per heavy atom. The molecule has 0 bridgehead atoms. The van der Waals surface area contributed by atoms with Gasteiger partial charge < -0.3 is 14.6 Å². The summed E-state index contributed by atoms with van der Waals surface area (Å²) in [5, 5.41) is 7.42. The van der Waals surface area contributed by atoms with E-state index in [-0.39, 0.29) is 0 Å². The fraction of sp³-hybridized carbons (Fsp3) is 0.833. The van der Waals surface area contributed by atoms with Crippen LogP contribution in [0.1, 0.15) is 50.7 Å². The van der Waals surface area contributed by atoms with Gasteiger partial charge in [-0.25, -0.2) is 0 Å². The predicted molar refractivity (Wildman–Crippen MR) is 63.8 cm³/mol. The van der Waals surface area contributed by atoms with E-state index in [9.17, 15) is 0 Å². The highest BCUT2D eigenvalue weighted by Gasteiger charge is 2.31. The van der Waals surface area contributed by atoms with Crippen molar-refractivity contribution in [1.82, 2.24) is 15.5 Å². The topological polar surface area (TPSA) is 60.2 Å². The van der Waals surface area contributed by atoms with E-state index in [1.165, 1.54) is 0 Å². The van der Waals surface area contributed by atoms with E-state index in [0.717, 1.165) is 38.2 Å². The van der Waals surface area contributed by atoms with Crippen LogP contribution in [-0.2, 0) is 10.3 Å². The van der Waals surface area contributed by atoms with Crippen molar-refractivity contribution in [3.05, 3.63) is 11.7 Å². The lowest BCUT2D eigenvalue weighted by atomic mass is 9.99. The summed E-state index contributed by atoms with van der Waals surface area (Å²) in [6.45, 7) is 6.06. The van der Waals surface area contributed by atoms with Gasteiger partial charge in [-0.1, -0.05) is 12.1 Å². The van der Waals surface area contributed by atoms with Crippen molar-refractivity contribution in [2.75, 3.05) is 20.2 Å². The highest BCUT2D eigenvalue weighted by atomic mass is 16.5. The monoisotopic (exact) mass is 239 g/mol. The minimum Gasteiger partial charge on any atom is -0.370 e. The first kappa shape index (κ1) is 12.5. The zero-order chi connectivity index (χ0) is 12.3. The SMILES string of the molecule is CCC(C)(OC)c1noc([C@H]2CCCNC2)n1. The minimum absolute atomic E-state index is 0.350. The number of piperidine rings is 1. The third kappa shape index (κ3) is 2.50. The fourth-order valence-electron chi connectivity index (χ4n) is 2.07. The Labute approximate surface area is 102 Å². The second-order valence-corrected chi connectivity index (χ2v) is 4.79. The van der Waals surface area contributed by atoms with E-state index in [4.69, 9.17) is 9.26 Å². The molecule has 17 heavy (non-hydrogen) atoms. The smallest absolute Gasteiger partial charge is 0.231 e. The first-order valence-corrected chi connectivity index (χ1v) is 6.29. The molecule has 0 amide bonds. The summed E-state index contributed by atoms with van der Waals surface area (Å²) in [7, 11) is 1.68. The van der Waals surface area contributed by atoms with Gasteiger partial charge in [-0.05, 0) is 32.7 Å². The van der Waals surface area contributed by atoms with Crippen LogP contribution in [0.15, 0.2) is 4.52 Å². The number of ether oxygens (including phenoxy) is 1. The Hall–Kier alpha value is -0.940. The highest BCUT2D eigenvalue weighted by molar-refractivity contribution is 5.03. The Morgan fingerprint density at radius 2 is 2.41 bits per heavy atom. The van der Waals surface area contributed by atoms with Crippen LogP contribution in [0.4, 0.5) is 0 Å². The number of aromatic nitrogens is 2. The standard InChI is InChI=1S/C12H21N3O2/c1-4-12(2,16-3)11-14-10(17-15-11)9-6-5-7-13-8-9/h9,13H,4-8H2,1-3H3/t9-,12?/m0/s1. The second kappa shape index (κ2) is 5.14. The maximum absolute atomic E-state index is 5.47. The van der Waals surface area contributed by atoms with E-state index in [0.29, 0.717) is 11.7 Å². The molecule has 0 spiro atoms. The first-order chi connectivity index (χ1) is 8.19. The third-order valence-corrected chi connectivity index (χ3v) is 3.69. The molecule has 1 aromatic rings. The van der Waals surface area contributed by atoms with Crippen LogP contribution in [0.5, 0.6) is 0 Å². The van der Waals surface area contributed by atoms with Gasteiger partial charge >= 0.3 is 0 Å². The molecule has 0 radical (unpaired) electrons. The summed E-state index contributed by atoms with van der Waals surface area (Å²) in [5.74, 6) is 1.75. The summed E-state index contributed by atoms with van der Waals surface area (Å²) >= 11 is 0. The molecule has 5 heteroatoms. The van der Waals surface area contributed by atoms with Gasteiger partial charge in [0.15, 0.2) is 0 Å². The molecule has 1 fully saturated rings. The van der Waals surface area contributed by atoms with Gasteiger partial charge in [-0.2, -0.15) is 4.98 Å². The van der Waals surface area contributed by atoms with Crippen LogP contribution >= 0.6 is 0 Å². The van der Waals surface area contributed by atoms with E-state index in [1.54, 1.807) is 7.11 Å². The Balaban J connectivity index is 2.14. The number of hydrogen-bond donors (Lipinski definition) is 1. The van der Waals surface area contributed by atoms with E-state index >= 15 is 0 Å². The van der Waals surface area contributed by atoms with Crippen LogP contribution in [0.2, 0.25) is 0 Å². The zero-order valence-corrected chi connectivity index (χ0v) is 10.8. The van der Waals surface area contributed by atoms with Crippen molar-refractivity contribution in [2.24, 2.45) is 0 Å². The second-order valence-electron chi connectivity index (χ2n) is 4.79. The van der Waals surface area contributed by atoms with E-state index in [2.05, 4.69) is 22.4 Å². The van der Waals surface area contributed by atoms with Gasteiger partial charge in [0.05, 0.1) is 5.92 Å². The van der Waals surface area contributed by atoms with Crippen molar-refractivity contribution < 1.29 is 9.26 Å². The van der Waals surface area contributed by atoms with E-state index in [1.807, 2.05) is 6.92 Å². The molecule has 1 aliphatic heterocycles. The van der Waals surface area contributed by atoms with Crippen LogP contribution in [0.3, 0.4) is 0 Å². The van der Waals surface area contributed by atoms with Crippen molar-refractivity contribution in [3.63, 3.8) is 0 Å². The zero-order valence-electron chi connectivity index (χ0n) is 10.8. The molecular formula is C12H21N3O2. The van der Waals surface area contributed by atoms with Gasteiger partial charge in [0, 0.05) is 13.7 Å². The molecule has 0 aliphatic carbocycles. The molecular weight excluding hydrogens is 218 g/mol. The molecule has 2 rings (SSSR count). The van der Waals surface area contributed by atoms with Gasteiger partial charge in [0.25, 0.3) is 0 Å². The summed E-state index contributed by atoms with van der Waals surface area (Å²) in [6.07, 6.45) is 3.10. The number of hydrogen-bond acceptors (Lipinski definition) is 5. The highest BCUT2D eigenvalue weighted by Crippen LogP contribution is 2.28. The van der Waals surface area contributed by atoms with Crippen molar-refractivity contribution in [3.8, 4) is 0 Å². The van der Waals surface area contributed by atoms with Gasteiger partial charge in [-0.3, -0.25) is 0 Å². The Kier molecular flexibility index (Phi) is 3.79. The van der Waals surface area contributed by atoms with Crippen molar-refractivity contribution in [2.45, 2.75) is 44.6 Å². The fourth-order valence-corrected chi connectivity index (χ4v) is 2.07. The summed E-state index contributed by atoms with van der Waals surface area (Å²) in [6, 6.07) is 0. The summed E-state index contributed by atoms with van der Waals surface area (Å²) in [5.41, 5.74) is -0.441. The molecule has 0 saturated carbocycles. The van der Waals surface area contributed by atoms with Crippen molar-refractivity contribution in [1.29, 1.82) is 0 Å². The van der Waals surface area contributed by atoms with Gasteiger partial charge in [-0.15, -0.1) is 0 Å². The van der Waals surface area contributed by atoms with E-state index < -0.39 is 5.60 Å². The molecule has 2 atom stereocenters. The molecule has 1 unspecified atom stereocenters. The molecule has 1 aromatic heterocycles. The largest absolute Gasteiger partial charge is 0.370 e. The molecule has 5 nitrogen and oxygen atoms in total. The lowest BCUT2D eigenvalue weighted by Crippen LogP contribution is -2.29. The summed E-state index contributed by atoms with van der Waals surface area (Å²) in [4.78, 5) is 4.50. The number of nitrogens with one attached hydrogen (secondary N) is 1. The van der Waals surface area contributed by atoms with Crippen molar-refractivity contribution >= 4 is 0 Å². The lowest BCUT2D eigenvalue weighted by Gasteiger charge is -2.22. The maximum Gasteiger partial charge on any atom is 0.231 e. The molecule has 2 heterocycles. The average molecular weight is 239 g/mol.